The first-order chi connectivity index (χ1) is 7.55. The summed E-state index contributed by atoms with van der Waals surface area (Å²) in [5.74, 6) is -0.286. The summed E-state index contributed by atoms with van der Waals surface area (Å²) in [7, 11) is 0. The fraction of sp³-hybridized carbons (Fsp3) is 0.583. The van der Waals surface area contributed by atoms with E-state index in [1.54, 1.807) is 0 Å². The van der Waals surface area contributed by atoms with Gasteiger partial charge in [-0.2, -0.15) is 0 Å². The van der Waals surface area contributed by atoms with E-state index in [-0.39, 0.29) is 11.2 Å². The van der Waals surface area contributed by atoms with Crippen molar-refractivity contribution < 1.29 is 9.90 Å². The van der Waals surface area contributed by atoms with Crippen molar-refractivity contribution in [2.24, 2.45) is 5.73 Å². The number of hydrogen-bond donors (Lipinski definition) is 2. The highest BCUT2D eigenvalue weighted by molar-refractivity contribution is 6.23. The Morgan fingerprint density at radius 3 is 3.00 bits per heavy atom. The Bertz CT molecular complexity index is 364. The van der Waals surface area contributed by atoms with Crippen LogP contribution in [-0.2, 0) is 4.79 Å². The summed E-state index contributed by atoms with van der Waals surface area (Å²) >= 11 is 6.19. The van der Waals surface area contributed by atoms with Crippen LogP contribution >= 0.6 is 11.6 Å². The molecule has 3 nitrogen and oxygen atoms in total. The summed E-state index contributed by atoms with van der Waals surface area (Å²) in [6.07, 6.45) is 7.24. The number of rotatable bonds is 1. The van der Waals surface area contributed by atoms with Gasteiger partial charge in [0.2, 0.25) is 0 Å². The summed E-state index contributed by atoms with van der Waals surface area (Å²) in [4.78, 5) is 12.0. The number of halogens is 1. The first-order valence-electron chi connectivity index (χ1n) is 5.58. The van der Waals surface area contributed by atoms with Gasteiger partial charge in [-0.1, -0.05) is 18.2 Å². The zero-order valence-electron chi connectivity index (χ0n) is 9.03. The van der Waals surface area contributed by atoms with Gasteiger partial charge in [0, 0.05) is 0 Å². The van der Waals surface area contributed by atoms with Crippen LogP contribution in [0.25, 0.3) is 0 Å². The third-order valence-corrected chi connectivity index (χ3v) is 3.81. The molecule has 1 unspecified atom stereocenters. The number of aliphatic hydroxyl groups is 1. The SMILES string of the molecule is N[C@@]1(C2=CC=CCC2Cl)CCC[C@@H](O)C1=O. The van der Waals surface area contributed by atoms with Crippen molar-refractivity contribution in [1.29, 1.82) is 0 Å². The van der Waals surface area contributed by atoms with Gasteiger partial charge in [-0.3, -0.25) is 4.79 Å². The van der Waals surface area contributed by atoms with Crippen LogP contribution in [0.3, 0.4) is 0 Å². The molecule has 4 heteroatoms. The summed E-state index contributed by atoms with van der Waals surface area (Å²) in [5.41, 5.74) is 5.85. The molecular weight excluding hydrogens is 226 g/mol. The van der Waals surface area contributed by atoms with Gasteiger partial charge in [0.1, 0.15) is 11.6 Å². The molecule has 0 heterocycles. The number of alkyl halides is 1. The van der Waals surface area contributed by atoms with Crippen LogP contribution in [0, 0.1) is 0 Å². The molecule has 0 radical (unpaired) electrons. The summed E-state index contributed by atoms with van der Waals surface area (Å²) < 4.78 is 0. The van der Waals surface area contributed by atoms with Crippen molar-refractivity contribution in [1.82, 2.24) is 0 Å². The minimum atomic E-state index is -1.06. The maximum absolute atomic E-state index is 12.0. The zero-order valence-corrected chi connectivity index (χ0v) is 9.78. The van der Waals surface area contributed by atoms with Crippen molar-refractivity contribution >= 4 is 17.4 Å². The molecule has 1 fully saturated rings. The number of aliphatic hydroxyl groups excluding tert-OH is 1. The molecule has 0 bridgehead atoms. The zero-order chi connectivity index (χ0) is 11.8. The lowest BCUT2D eigenvalue weighted by atomic mass is 9.72. The lowest BCUT2D eigenvalue weighted by molar-refractivity contribution is -0.134. The van der Waals surface area contributed by atoms with Gasteiger partial charge in [-0.05, 0) is 31.3 Å². The second-order valence-electron chi connectivity index (χ2n) is 4.50. The van der Waals surface area contributed by atoms with E-state index in [1.165, 1.54) is 0 Å². The Morgan fingerprint density at radius 2 is 2.31 bits per heavy atom. The number of allylic oxidation sites excluding steroid dienone is 3. The maximum atomic E-state index is 12.0. The van der Waals surface area contributed by atoms with Crippen LogP contribution in [0.15, 0.2) is 23.8 Å². The van der Waals surface area contributed by atoms with Gasteiger partial charge in [0.05, 0.1) is 5.38 Å². The Balaban J connectivity index is 2.33. The highest BCUT2D eigenvalue weighted by atomic mass is 35.5. The largest absolute Gasteiger partial charge is 0.385 e. The third kappa shape index (κ3) is 1.83. The smallest absolute Gasteiger partial charge is 0.185 e. The Labute approximate surface area is 100.0 Å². The molecular formula is C12H16ClNO2. The van der Waals surface area contributed by atoms with Gasteiger partial charge in [0.15, 0.2) is 5.78 Å². The average molecular weight is 242 g/mol. The minimum absolute atomic E-state index is 0.232. The monoisotopic (exact) mass is 241 g/mol. The average Bonchev–Trinajstić information content (AvgIpc) is 2.26. The molecule has 0 aromatic carbocycles. The van der Waals surface area contributed by atoms with E-state index in [0.717, 1.165) is 12.0 Å². The van der Waals surface area contributed by atoms with E-state index < -0.39 is 11.6 Å². The Morgan fingerprint density at radius 1 is 1.56 bits per heavy atom. The fourth-order valence-corrected chi connectivity index (χ4v) is 2.81. The number of hydrogen-bond acceptors (Lipinski definition) is 3. The van der Waals surface area contributed by atoms with Crippen LogP contribution in [0.4, 0.5) is 0 Å². The molecule has 2 rings (SSSR count). The number of carbonyl (C=O) groups is 1. The van der Waals surface area contributed by atoms with E-state index in [4.69, 9.17) is 17.3 Å². The predicted octanol–water partition coefficient (Wildman–Crippen LogP) is 1.29. The Hall–Kier alpha value is -0.640. The van der Waals surface area contributed by atoms with Crippen LogP contribution in [-0.4, -0.2) is 27.9 Å². The lowest BCUT2D eigenvalue weighted by Crippen LogP contribution is -2.58. The third-order valence-electron chi connectivity index (χ3n) is 3.40. The van der Waals surface area contributed by atoms with Crippen LogP contribution in [0.1, 0.15) is 25.7 Å². The first kappa shape index (κ1) is 11.8. The van der Waals surface area contributed by atoms with Crippen LogP contribution < -0.4 is 5.73 Å². The Kier molecular flexibility index (Phi) is 3.19. The van der Waals surface area contributed by atoms with Crippen molar-refractivity contribution in [2.45, 2.75) is 42.7 Å². The maximum Gasteiger partial charge on any atom is 0.185 e. The number of carbonyl (C=O) groups excluding carboxylic acids is 1. The molecule has 16 heavy (non-hydrogen) atoms. The van der Waals surface area contributed by atoms with Crippen molar-refractivity contribution in [3.63, 3.8) is 0 Å². The van der Waals surface area contributed by atoms with E-state index in [2.05, 4.69) is 0 Å². The second-order valence-corrected chi connectivity index (χ2v) is 5.02. The fourth-order valence-electron chi connectivity index (χ4n) is 2.44. The molecule has 0 amide bonds. The quantitative estimate of drug-likeness (QED) is 0.680. The summed E-state index contributed by atoms with van der Waals surface area (Å²) in [5, 5.41) is 9.38. The number of Topliss-reactive ketones (excluding diaryl/α,β-unsaturated/α-hetero) is 1. The molecule has 0 saturated heterocycles. The van der Waals surface area contributed by atoms with E-state index in [1.807, 2.05) is 18.2 Å². The van der Waals surface area contributed by atoms with Gasteiger partial charge < -0.3 is 10.8 Å². The minimum Gasteiger partial charge on any atom is -0.385 e. The second kappa shape index (κ2) is 4.32. The van der Waals surface area contributed by atoms with E-state index in [9.17, 15) is 9.90 Å². The van der Waals surface area contributed by atoms with Gasteiger partial charge in [0.25, 0.3) is 0 Å². The normalized spacial score (nSPS) is 39.7. The topological polar surface area (TPSA) is 63.3 Å². The molecule has 0 spiro atoms. The molecule has 0 aliphatic heterocycles. The summed E-state index contributed by atoms with van der Waals surface area (Å²) in [6.45, 7) is 0. The standard InChI is InChI=1S/C12H16ClNO2/c13-9-5-2-1-4-8(9)12(14)7-3-6-10(15)11(12)16/h1-2,4,9-10,15H,3,5-7,14H2/t9?,10-,12-/m1/s1. The van der Waals surface area contributed by atoms with Crippen molar-refractivity contribution in [3.05, 3.63) is 23.8 Å². The lowest BCUT2D eigenvalue weighted by Gasteiger charge is -2.38. The molecule has 88 valence electrons. The molecule has 0 aromatic rings. The molecule has 3 N–H and O–H groups in total. The van der Waals surface area contributed by atoms with Crippen LogP contribution in [0.2, 0.25) is 0 Å². The number of ketones is 1. The summed E-state index contributed by atoms with van der Waals surface area (Å²) in [6, 6.07) is 0. The molecule has 2 aliphatic rings. The predicted molar refractivity (Wildman–Crippen MR) is 63.3 cm³/mol. The van der Waals surface area contributed by atoms with Crippen LogP contribution in [0.5, 0.6) is 0 Å². The molecule has 3 atom stereocenters. The highest BCUT2D eigenvalue weighted by Crippen LogP contribution is 2.35. The van der Waals surface area contributed by atoms with Gasteiger partial charge in [-0.25, -0.2) is 0 Å². The highest BCUT2D eigenvalue weighted by Gasteiger charge is 2.45. The molecule has 1 saturated carbocycles. The van der Waals surface area contributed by atoms with E-state index >= 15 is 0 Å². The molecule has 0 aromatic heterocycles. The van der Waals surface area contributed by atoms with Crippen molar-refractivity contribution in [2.75, 3.05) is 0 Å². The van der Waals surface area contributed by atoms with Gasteiger partial charge >= 0.3 is 0 Å². The van der Waals surface area contributed by atoms with Gasteiger partial charge in [-0.15, -0.1) is 11.6 Å². The molecule has 2 aliphatic carbocycles. The van der Waals surface area contributed by atoms with Crippen molar-refractivity contribution in [3.8, 4) is 0 Å². The first-order valence-corrected chi connectivity index (χ1v) is 6.02. The number of nitrogens with two attached hydrogens (primary N) is 1. The van der Waals surface area contributed by atoms with E-state index in [0.29, 0.717) is 19.3 Å².